The standard InChI is InChI=1S/C12H11BrN2O2/c1-2-16-11-4-3-5-15-12(11)17-10-6-9(13)7-14-8-10/h3-8H,2H2,1H3/i1D3,2D2. The van der Waals surface area contributed by atoms with Gasteiger partial charge in [0.05, 0.1) is 15.5 Å². The summed E-state index contributed by atoms with van der Waals surface area (Å²) >= 11 is 3.24. The molecule has 2 heterocycles. The Morgan fingerprint density at radius 2 is 2.47 bits per heavy atom. The van der Waals surface area contributed by atoms with Crippen LogP contribution in [0, 0.1) is 0 Å². The van der Waals surface area contributed by atoms with Crippen molar-refractivity contribution in [2.75, 3.05) is 6.56 Å². The van der Waals surface area contributed by atoms with Crippen molar-refractivity contribution >= 4 is 15.9 Å². The summed E-state index contributed by atoms with van der Waals surface area (Å²) in [5.74, 6) is 0.159. The molecule has 0 unspecified atom stereocenters. The van der Waals surface area contributed by atoms with Gasteiger partial charge < -0.3 is 9.47 Å². The summed E-state index contributed by atoms with van der Waals surface area (Å²) in [5.41, 5.74) is 0. The lowest BCUT2D eigenvalue weighted by Gasteiger charge is -2.09. The molecule has 0 atom stereocenters. The van der Waals surface area contributed by atoms with E-state index in [0.29, 0.717) is 10.2 Å². The maximum Gasteiger partial charge on any atom is 0.262 e. The molecule has 0 spiro atoms. The molecule has 2 aromatic rings. The number of rotatable bonds is 4. The average Bonchev–Trinajstić information content (AvgIpc) is 2.39. The molecule has 2 rings (SSSR count). The van der Waals surface area contributed by atoms with E-state index in [-0.39, 0.29) is 11.6 Å². The third-order valence-electron chi connectivity index (χ3n) is 1.79. The molecule has 4 nitrogen and oxygen atoms in total. The highest BCUT2D eigenvalue weighted by atomic mass is 79.9. The number of hydrogen-bond donors (Lipinski definition) is 0. The van der Waals surface area contributed by atoms with E-state index in [1.807, 2.05) is 0 Å². The molecule has 0 aliphatic carbocycles. The van der Waals surface area contributed by atoms with Crippen molar-refractivity contribution in [1.82, 2.24) is 9.97 Å². The topological polar surface area (TPSA) is 44.2 Å². The first-order valence-electron chi connectivity index (χ1n) is 7.11. The third-order valence-corrected chi connectivity index (χ3v) is 2.23. The second-order valence-electron chi connectivity index (χ2n) is 2.95. The minimum absolute atomic E-state index is 0.0597. The van der Waals surface area contributed by atoms with Crippen LogP contribution in [0.25, 0.3) is 0 Å². The van der Waals surface area contributed by atoms with E-state index in [4.69, 9.17) is 16.3 Å². The molecule has 0 fully saturated rings. The molecular weight excluding hydrogens is 284 g/mol. The molecule has 0 aromatic carbocycles. The summed E-state index contributed by atoms with van der Waals surface area (Å²) in [5, 5.41) is 0. The summed E-state index contributed by atoms with van der Waals surface area (Å²) in [6.07, 6.45) is 4.41. The van der Waals surface area contributed by atoms with Gasteiger partial charge in [0.25, 0.3) is 5.88 Å². The lowest BCUT2D eigenvalue weighted by molar-refractivity contribution is 0.316. The Morgan fingerprint density at radius 1 is 1.53 bits per heavy atom. The summed E-state index contributed by atoms with van der Waals surface area (Å²) < 4.78 is 47.6. The highest BCUT2D eigenvalue weighted by molar-refractivity contribution is 9.10. The molecule has 5 heteroatoms. The summed E-state index contributed by atoms with van der Waals surface area (Å²) in [7, 11) is 0. The van der Waals surface area contributed by atoms with Crippen LogP contribution in [0.3, 0.4) is 0 Å². The Hall–Kier alpha value is -1.62. The average molecular weight is 300 g/mol. The predicted octanol–water partition coefficient (Wildman–Crippen LogP) is 3.43. The fraction of sp³-hybridized carbons (Fsp3) is 0.167. The van der Waals surface area contributed by atoms with Crippen LogP contribution >= 0.6 is 15.9 Å². The molecule has 0 saturated heterocycles. The Kier molecular flexibility index (Phi) is 2.30. The Morgan fingerprint density at radius 3 is 3.29 bits per heavy atom. The molecule has 0 radical (unpaired) electrons. The van der Waals surface area contributed by atoms with Crippen LogP contribution in [0.1, 0.15) is 13.7 Å². The van der Waals surface area contributed by atoms with Crippen LogP contribution in [0.2, 0.25) is 0 Å². The number of aromatic nitrogens is 2. The van der Waals surface area contributed by atoms with Gasteiger partial charge in [-0.05, 0) is 41.0 Å². The fourth-order valence-corrected chi connectivity index (χ4v) is 1.49. The molecule has 2 aromatic heterocycles. The predicted molar refractivity (Wildman–Crippen MR) is 67.4 cm³/mol. The smallest absolute Gasteiger partial charge is 0.262 e. The zero-order chi connectivity index (χ0) is 16.4. The van der Waals surface area contributed by atoms with Gasteiger partial charge in [-0.1, -0.05) is 0 Å². The Bertz CT molecular complexity index is 666. The van der Waals surface area contributed by atoms with Gasteiger partial charge in [-0.15, -0.1) is 0 Å². The maximum atomic E-state index is 7.50. The largest absolute Gasteiger partial charge is 0.488 e. The first-order valence-corrected chi connectivity index (χ1v) is 5.41. The molecule has 17 heavy (non-hydrogen) atoms. The number of ether oxygens (including phenoxy) is 2. The van der Waals surface area contributed by atoms with Gasteiger partial charge in [-0.25, -0.2) is 4.98 Å². The molecular formula is C12H11BrN2O2. The summed E-state index contributed by atoms with van der Waals surface area (Å²) in [4.78, 5) is 7.85. The van der Waals surface area contributed by atoms with Crippen LogP contribution in [-0.2, 0) is 0 Å². The molecule has 0 saturated carbocycles. The van der Waals surface area contributed by atoms with Gasteiger partial charge in [0, 0.05) is 21.0 Å². The minimum Gasteiger partial charge on any atom is -0.488 e. The van der Waals surface area contributed by atoms with Crippen LogP contribution < -0.4 is 9.47 Å². The molecule has 0 N–H and O–H groups in total. The highest BCUT2D eigenvalue weighted by Gasteiger charge is 2.07. The zero-order valence-electron chi connectivity index (χ0n) is 13.6. The first kappa shape index (κ1) is 6.96. The Labute approximate surface area is 115 Å². The van der Waals surface area contributed by atoms with E-state index in [2.05, 4.69) is 25.9 Å². The van der Waals surface area contributed by atoms with E-state index < -0.39 is 13.4 Å². The lowest BCUT2D eigenvalue weighted by atomic mass is 10.4. The van der Waals surface area contributed by atoms with E-state index >= 15 is 0 Å². The van der Waals surface area contributed by atoms with Gasteiger partial charge in [-0.3, -0.25) is 4.98 Å². The third kappa shape index (κ3) is 3.17. The van der Waals surface area contributed by atoms with Crippen molar-refractivity contribution in [3.63, 3.8) is 0 Å². The molecule has 0 amide bonds. The molecule has 0 aliphatic heterocycles. The number of nitrogens with zero attached hydrogens (tertiary/aromatic N) is 2. The quantitative estimate of drug-likeness (QED) is 0.867. The fourth-order valence-electron chi connectivity index (χ4n) is 1.15. The normalized spacial score (nSPS) is 15.9. The van der Waals surface area contributed by atoms with Crippen LogP contribution in [0.5, 0.6) is 17.4 Å². The molecule has 88 valence electrons. The van der Waals surface area contributed by atoms with Crippen molar-refractivity contribution in [3.8, 4) is 17.4 Å². The highest BCUT2D eigenvalue weighted by Crippen LogP contribution is 2.29. The van der Waals surface area contributed by atoms with Gasteiger partial charge in [0.2, 0.25) is 0 Å². The minimum atomic E-state index is -2.95. The van der Waals surface area contributed by atoms with Crippen molar-refractivity contribution in [1.29, 1.82) is 0 Å². The second-order valence-corrected chi connectivity index (χ2v) is 3.87. The number of pyridine rings is 2. The lowest BCUT2D eigenvalue weighted by Crippen LogP contribution is -1.96. The van der Waals surface area contributed by atoms with Crippen molar-refractivity contribution in [2.24, 2.45) is 0 Å². The van der Waals surface area contributed by atoms with Gasteiger partial charge in [-0.2, -0.15) is 0 Å². The van der Waals surface area contributed by atoms with E-state index in [0.717, 1.165) is 0 Å². The van der Waals surface area contributed by atoms with E-state index in [1.54, 1.807) is 12.3 Å². The number of hydrogen-bond acceptors (Lipinski definition) is 4. The molecule has 0 aliphatic rings. The molecule has 0 bridgehead atoms. The first-order chi connectivity index (χ1) is 10.2. The van der Waals surface area contributed by atoms with Crippen LogP contribution in [0.4, 0.5) is 0 Å². The summed E-state index contributed by atoms with van der Waals surface area (Å²) in [6, 6.07) is 4.48. The monoisotopic (exact) mass is 299 g/mol. The maximum absolute atomic E-state index is 7.50. The van der Waals surface area contributed by atoms with Crippen LogP contribution in [0.15, 0.2) is 41.3 Å². The van der Waals surface area contributed by atoms with Crippen molar-refractivity contribution in [3.05, 3.63) is 41.3 Å². The zero-order valence-corrected chi connectivity index (χ0v) is 10.1. The van der Waals surface area contributed by atoms with Crippen molar-refractivity contribution < 1.29 is 16.3 Å². The number of halogens is 1. The van der Waals surface area contributed by atoms with Crippen LogP contribution in [-0.4, -0.2) is 16.5 Å². The van der Waals surface area contributed by atoms with Gasteiger partial charge >= 0.3 is 0 Å². The van der Waals surface area contributed by atoms with E-state index in [9.17, 15) is 0 Å². The van der Waals surface area contributed by atoms with E-state index in [1.165, 1.54) is 24.5 Å². The van der Waals surface area contributed by atoms with Crippen molar-refractivity contribution in [2.45, 2.75) is 6.85 Å². The Balaban J connectivity index is 2.28. The van der Waals surface area contributed by atoms with Gasteiger partial charge in [0.1, 0.15) is 5.75 Å². The van der Waals surface area contributed by atoms with Gasteiger partial charge in [0.15, 0.2) is 5.75 Å². The second kappa shape index (κ2) is 5.63. The SMILES string of the molecule is [2H]C([2H])([2H])C([2H])([2H])Oc1cccnc1Oc1cncc(Br)c1. The summed E-state index contributed by atoms with van der Waals surface area (Å²) in [6.45, 7) is -5.82.